The summed E-state index contributed by atoms with van der Waals surface area (Å²) in [5.41, 5.74) is 0. The summed E-state index contributed by atoms with van der Waals surface area (Å²) in [6.45, 7) is 0. The Morgan fingerprint density at radius 2 is 2.17 bits per heavy atom. The van der Waals surface area contributed by atoms with Gasteiger partial charge in [-0.25, -0.2) is 4.98 Å². The normalized spacial score (nSPS) is 17.8. The van der Waals surface area contributed by atoms with E-state index < -0.39 is 10.4 Å². The molecule has 12 heavy (non-hydrogen) atoms. The summed E-state index contributed by atoms with van der Waals surface area (Å²) in [6.07, 6.45) is 1.41. The van der Waals surface area contributed by atoms with Crippen molar-refractivity contribution < 1.29 is 16.8 Å². The summed E-state index contributed by atoms with van der Waals surface area (Å²) in [7, 11) is -3.90. The van der Waals surface area contributed by atoms with E-state index in [4.69, 9.17) is 0 Å². The molecule has 0 atom stereocenters. The molecule has 0 unspecified atom stereocenters. The van der Waals surface area contributed by atoms with Crippen LogP contribution in [0.15, 0.2) is 16.9 Å². The van der Waals surface area contributed by atoms with Crippen LogP contribution in [0.4, 0.5) is 0 Å². The molecular formula is C5H2BrNO4S. The van der Waals surface area contributed by atoms with Gasteiger partial charge in [-0.2, -0.15) is 0 Å². The summed E-state index contributed by atoms with van der Waals surface area (Å²) < 4.78 is 30.7. The van der Waals surface area contributed by atoms with Crippen molar-refractivity contribution >= 4 is 26.3 Å². The molecular weight excluding hydrogens is 250 g/mol. The van der Waals surface area contributed by atoms with Gasteiger partial charge in [0.05, 0.1) is 0 Å². The fraction of sp³-hybridized carbons (Fsp3) is 0. The Balaban J connectivity index is 2.63. The van der Waals surface area contributed by atoms with E-state index in [-0.39, 0.29) is 11.5 Å². The van der Waals surface area contributed by atoms with Gasteiger partial charge >= 0.3 is 10.4 Å². The first-order chi connectivity index (χ1) is 5.58. The molecule has 2 rings (SSSR count). The van der Waals surface area contributed by atoms with E-state index in [1.807, 2.05) is 0 Å². The first-order valence-corrected chi connectivity index (χ1v) is 4.99. The molecule has 0 saturated heterocycles. The van der Waals surface area contributed by atoms with Crippen molar-refractivity contribution in [1.29, 1.82) is 0 Å². The Kier molecular flexibility index (Phi) is 1.52. The van der Waals surface area contributed by atoms with Crippen molar-refractivity contribution in [2.24, 2.45) is 0 Å². The van der Waals surface area contributed by atoms with E-state index in [9.17, 15) is 8.42 Å². The molecule has 0 saturated carbocycles. The number of aromatic nitrogens is 1. The van der Waals surface area contributed by atoms with E-state index >= 15 is 0 Å². The zero-order valence-corrected chi connectivity index (χ0v) is 7.92. The number of nitrogens with zero attached hydrogens (tertiary/aromatic N) is 1. The largest absolute Gasteiger partial charge is 0.501 e. The zero-order valence-electron chi connectivity index (χ0n) is 5.52. The van der Waals surface area contributed by atoms with Gasteiger partial charge in [0, 0.05) is 12.3 Å². The van der Waals surface area contributed by atoms with Crippen LogP contribution in [0.5, 0.6) is 11.5 Å². The topological polar surface area (TPSA) is 65.5 Å². The predicted octanol–water partition coefficient (Wildman–Crippen LogP) is 0.860. The van der Waals surface area contributed by atoms with Crippen LogP contribution in [-0.4, -0.2) is 13.4 Å². The second-order valence-electron chi connectivity index (χ2n) is 2.00. The maximum atomic E-state index is 10.7. The second-order valence-corrected chi connectivity index (χ2v) is 3.90. The minimum Gasteiger partial charge on any atom is -0.349 e. The van der Waals surface area contributed by atoms with Crippen molar-refractivity contribution in [2.45, 2.75) is 0 Å². The highest BCUT2D eigenvalue weighted by Gasteiger charge is 2.30. The van der Waals surface area contributed by atoms with Crippen LogP contribution in [-0.2, 0) is 10.4 Å². The van der Waals surface area contributed by atoms with Crippen molar-refractivity contribution in [3.63, 3.8) is 0 Å². The van der Waals surface area contributed by atoms with Crippen LogP contribution in [0, 0.1) is 0 Å². The number of rotatable bonds is 0. The maximum absolute atomic E-state index is 10.7. The molecule has 7 heteroatoms. The first-order valence-electron chi connectivity index (χ1n) is 2.87. The summed E-state index contributed by atoms with van der Waals surface area (Å²) in [4.78, 5) is 3.76. The molecule has 0 radical (unpaired) electrons. The molecule has 5 nitrogen and oxygen atoms in total. The minimum atomic E-state index is -3.90. The van der Waals surface area contributed by atoms with E-state index in [1.54, 1.807) is 0 Å². The highest BCUT2D eigenvalue weighted by atomic mass is 79.9. The highest BCUT2D eigenvalue weighted by molar-refractivity contribution is 9.10. The molecule has 0 fully saturated rings. The second kappa shape index (κ2) is 2.33. The fourth-order valence-corrected chi connectivity index (χ4v) is 2.03. The number of hydrogen-bond acceptors (Lipinski definition) is 5. The molecule has 0 spiro atoms. The summed E-state index contributed by atoms with van der Waals surface area (Å²) >= 11 is 3.02. The predicted molar refractivity (Wildman–Crippen MR) is 42.1 cm³/mol. The molecule has 0 N–H and O–H groups in total. The fourth-order valence-electron chi connectivity index (χ4n) is 0.776. The van der Waals surface area contributed by atoms with Crippen LogP contribution >= 0.6 is 15.9 Å². The van der Waals surface area contributed by atoms with E-state index in [2.05, 4.69) is 29.3 Å². The van der Waals surface area contributed by atoms with Crippen LogP contribution in [0.2, 0.25) is 0 Å². The molecule has 1 aliphatic heterocycles. The van der Waals surface area contributed by atoms with E-state index in [0.29, 0.717) is 4.60 Å². The lowest BCUT2D eigenvalue weighted by Crippen LogP contribution is -2.08. The van der Waals surface area contributed by atoms with Gasteiger partial charge in [-0.05, 0) is 15.9 Å². The maximum Gasteiger partial charge on any atom is 0.501 e. The molecule has 0 aliphatic carbocycles. The van der Waals surface area contributed by atoms with Gasteiger partial charge in [0.15, 0.2) is 10.4 Å². The van der Waals surface area contributed by atoms with Gasteiger partial charge in [-0.3, -0.25) is 0 Å². The SMILES string of the molecule is O=S1(=O)Oc2ccnc(Br)c2O1. The third-order valence-corrected chi connectivity index (χ3v) is 2.52. The van der Waals surface area contributed by atoms with Crippen molar-refractivity contribution in [1.82, 2.24) is 4.98 Å². The average molecular weight is 252 g/mol. The Labute approximate surface area is 76.8 Å². The summed E-state index contributed by atoms with van der Waals surface area (Å²) in [5.74, 6) is 0.245. The lowest BCUT2D eigenvalue weighted by molar-refractivity contribution is 0.436. The van der Waals surface area contributed by atoms with Gasteiger partial charge in [-0.1, -0.05) is 0 Å². The molecule has 64 valence electrons. The van der Waals surface area contributed by atoms with Crippen LogP contribution in [0.1, 0.15) is 0 Å². The summed E-state index contributed by atoms with van der Waals surface area (Å²) in [5, 5.41) is 0. The van der Waals surface area contributed by atoms with Gasteiger partial charge in [0.1, 0.15) is 0 Å². The zero-order chi connectivity index (χ0) is 8.77. The third-order valence-electron chi connectivity index (χ3n) is 1.20. The highest BCUT2D eigenvalue weighted by Crippen LogP contribution is 2.39. The number of fused-ring (bicyclic) bond motifs is 1. The standard InChI is InChI=1S/C5H2BrNO4S/c6-5-4-3(1-2-7-5)10-12(8,9)11-4/h1-2H. The molecule has 1 aromatic rings. The molecule has 0 amide bonds. The molecule has 1 aromatic heterocycles. The average Bonchev–Trinajstić information content (AvgIpc) is 2.25. The van der Waals surface area contributed by atoms with Gasteiger partial charge in [0.2, 0.25) is 5.75 Å². The van der Waals surface area contributed by atoms with Crippen LogP contribution in [0.25, 0.3) is 0 Å². The monoisotopic (exact) mass is 251 g/mol. The van der Waals surface area contributed by atoms with E-state index in [0.717, 1.165) is 0 Å². The quantitative estimate of drug-likeness (QED) is 0.640. The Morgan fingerprint density at radius 3 is 2.83 bits per heavy atom. The van der Waals surface area contributed by atoms with Gasteiger partial charge < -0.3 is 8.37 Å². The smallest absolute Gasteiger partial charge is 0.349 e. The Hall–Kier alpha value is -0.820. The lowest BCUT2D eigenvalue weighted by atomic mass is 10.4. The Bertz CT molecular complexity index is 429. The minimum absolute atomic E-state index is 0.0949. The first kappa shape index (κ1) is 7.81. The van der Waals surface area contributed by atoms with Gasteiger partial charge in [-0.15, -0.1) is 8.42 Å². The molecule has 2 heterocycles. The van der Waals surface area contributed by atoms with Crippen molar-refractivity contribution in [3.8, 4) is 11.5 Å². The van der Waals surface area contributed by atoms with Crippen LogP contribution in [0.3, 0.4) is 0 Å². The third kappa shape index (κ3) is 1.14. The number of hydrogen-bond donors (Lipinski definition) is 0. The molecule has 1 aliphatic rings. The van der Waals surface area contributed by atoms with Gasteiger partial charge in [0.25, 0.3) is 0 Å². The van der Waals surface area contributed by atoms with Crippen molar-refractivity contribution in [3.05, 3.63) is 16.9 Å². The molecule has 0 aromatic carbocycles. The number of halogens is 1. The Morgan fingerprint density at radius 1 is 1.42 bits per heavy atom. The lowest BCUT2D eigenvalue weighted by Gasteiger charge is -1.91. The van der Waals surface area contributed by atoms with Crippen LogP contribution < -0.4 is 8.37 Å². The van der Waals surface area contributed by atoms with Crippen molar-refractivity contribution in [2.75, 3.05) is 0 Å². The van der Waals surface area contributed by atoms with E-state index in [1.165, 1.54) is 12.3 Å². The number of pyridine rings is 1. The molecule has 0 bridgehead atoms. The summed E-state index contributed by atoms with van der Waals surface area (Å²) in [6, 6.07) is 1.41.